The molecule has 0 aliphatic heterocycles. The zero-order valence-corrected chi connectivity index (χ0v) is 15.5. The molecule has 0 fully saturated rings. The molecule has 0 saturated heterocycles. The van der Waals surface area contributed by atoms with Gasteiger partial charge in [0, 0.05) is 12.0 Å². The Morgan fingerprint density at radius 3 is 2.48 bits per heavy atom. The molecule has 2 aromatic carbocycles. The van der Waals surface area contributed by atoms with Crippen molar-refractivity contribution in [3.63, 3.8) is 0 Å². The van der Waals surface area contributed by atoms with Crippen molar-refractivity contribution in [3.05, 3.63) is 58.7 Å². The van der Waals surface area contributed by atoms with Crippen molar-refractivity contribution in [3.8, 4) is 5.75 Å². The van der Waals surface area contributed by atoms with E-state index in [-0.39, 0.29) is 12.3 Å². The minimum atomic E-state index is -0.335. The minimum absolute atomic E-state index is 0.241. The maximum absolute atomic E-state index is 11.9. The van der Waals surface area contributed by atoms with Crippen LogP contribution >= 0.6 is 0 Å². The lowest BCUT2D eigenvalue weighted by molar-refractivity contribution is -0.123. The standard InChI is InChI=1S/C21H27NO3/c1-5-16-11-12-20(15(4)13-16)25-14-18-17(6-2)9-8-10-19(18)22(24)21(23)7-3/h8-13,24H,5-7,14H2,1-4H3. The molecule has 0 aromatic heterocycles. The summed E-state index contributed by atoms with van der Waals surface area (Å²) < 4.78 is 6.02. The summed E-state index contributed by atoms with van der Waals surface area (Å²) in [5.74, 6) is 0.485. The van der Waals surface area contributed by atoms with E-state index < -0.39 is 0 Å². The van der Waals surface area contributed by atoms with Crippen LogP contribution in [0.5, 0.6) is 5.75 Å². The highest BCUT2D eigenvalue weighted by Gasteiger charge is 2.18. The lowest BCUT2D eigenvalue weighted by Crippen LogP contribution is -2.27. The van der Waals surface area contributed by atoms with Crippen molar-refractivity contribution >= 4 is 11.6 Å². The Hall–Kier alpha value is -2.33. The van der Waals surface area contributed by atoms with Crippen molar-refractivity contribution in [2.24, 2.45) is 0 Å². The van der Waals surface area contributed by atoms with Gasteiger partial charge in [0.05, 0.1) is 5.69 Å². The van der Waals surface area contributed by atoms with Crippen LogP contribution in [0.25, 0.3) is 0 Å². The molecule has 0 heterocycles. The number of hydroxylamine groups is 1. The number of benzene rings is 2. The lowest BCUT2D eigenvalue weighted by Gasteiger charge is -2.21. The van der Waals surface area contributed by atoms with E-state index >= 15 is 0 Å². The maximum Gasteiger partial charge on any atom is 0.250 e. The number of amides is 1. The van der Waals surface area contributed by atoms with E-state index in [1.54, 1.807) is 13.0 Å². The molecule has 0 aliphatic rings. The van der Waals surface area contributed by atoms with Crippen molar-refractivity contribution in [2.75, 3.05) is 5.06 Å². The topological polar surface area (TPSA) is 49.8 Å². The number of carbonyl (C=O) groups is 1. The number of rotatable bonds is 7. The Bertz CT molecular complexity index is 740. The zero-order valence-electron chi connectivity index (χ0n) is 15.5. The Balaban J connectivity index is 2.30. The molecule has 4 nitrogen and oxygen atoms in total. The molecule has 4 heteroatoms. The smallest absolute Gasteiger partial charge is 0.250 e. The van der Waals surface area contributed by atoms with Gasteiger partial charge in [0.15, 0.2) is 0 Å². The Labute approximate surface area is 150 Å². The quantitative estimate of drug-likeness (QED) is 0.579. The molecule has 0 radical (unpaired) electrons. The second-order valence-electron chi connectivity index (χ2n) is 6.07. The summed E-state index contributed by atoms with van der Waals surface area (Å²) in [6.07, 6.45) is 2.03. The van der Waals surface area contributed by atoms with E-state index in [2.05, 4.69) is 19.1 Å². The largest absolute Gasteiger partial charge is 0.489 e. The third-order valence-electron chi connectivity index (χ3n) is 4.42. The van der Waals surface area contributed by atoms with Gasteiger partial charge in [0.2, 0.25) is 5.91 Å². The van der Waals surface area contributed by atoms with Gasteiger partial charge in [-0.15, -0.1) is 0 Å². The van der Waals surface area contributed by atoms with E-state index in [1.165, 1.54) is 5.56 Å². The minimum Gasteiger partial charge on any atom is -0.489 e. The van der Waals surface area contributed by atoms with Crippen LogP contribution in [0, 0.1) is 6.92 Å². The van der Waals surface area contributed by atoms with Crippen LogP contribution < -0.4 is 9.80 Å². The van der Waals surface area contributed by atoms with Gasteiger partial charge in [0.25, 0.3) is 0 Å². The molecule has 0 aliphatic carbocycles. The highest BCUT2D eigenvalue weighted by molar-refractivity contribution is 5.91. The van der Waals surface area contributed by atoms with E-state index in [4.69, 9.17) is 4.74 Å². The predicted molar refractivity (Wildman–Crippen MR) is 100 cm³/mol. The molecule has 0 saturated carbocycles. The third kappa shape index (κ3) is 4.40. The van der Waals surface area contributed by atoms with Crippen LogP contribution in [0.15, 0.2) is 36.4 Å². The highest BCUT2D eigenvalue weighted by atomic mass is 16.5. The SMILES string of the molecule is CCC(=O)N(O)c1cccc(CC)c1COc1ccc(CC)cc1C. The summed E-state index contributed by atoms with van der Waals surface area (Å²) in [6.45, 7) is 8.23. The van der Waals surface area contributed by atoms with Crippen LogP contribution in [0.1, 0.15) is 49.4 Å². The van der Waals surface area contributed by atoms with Gasteiger partial charge < -0.3 is 4.74 Å². The van der Waals surface area contributed by atoms with Crippen molar-refractivity contribution in [1.82, 2.24) is 0 Å². The Morgan fingerprint density at radius 1 is 1.12 bits per heavy atom. The van der Waals surface area contributed by atoms with Gasteiger partial charge in [-0.2, -0.15) is 5.06 Å². The average Bonchev–Trinajstić information content (AvgIpc) is 2.65. The summed E-state index contributed by atoms with van der Waals surface area (Å²) >= 11 is 0. The summed E-state index contributed by atoms with van der Waals surface area (Å²) in [5, 5.41) is 11.0. The average molecular weight is 341 g/mol. The molecule has 0 bridgehead atoms. The molecule has 134 valence electrons. The summed E-state index contributed by atoms with van der Waals surface area (Å²) in [5.41, 5.74) is 4.75. The maximum atomic E-state index is 11.9. The first-order chi connectivity index (χ1) is 12.0. The van der Waals surface area contributed by atoms with E-state index in [1.807, 2.05) is 32.0 Å². The molecule has 0 unspecified atom stereocenters. The van der Waals surface area contributed by atoms with Gasteiger partial charge in [-0.25, -0.2) is 0 Å². The van der Waals surface area contributed by atoms with Gasteiger partial charge in [-0.05, 0) is 48.6 Å². The van der Waals surface area contributed by atoms with Crippen LogP contribution in [0.3, 0.4) is 0 Å². The summed E-state index contributed by atoms with van der Waals surface area (Å²) in [7, 11) is 0. The molecule has 25 heavy (non-hydrogen) atoms. The number of ether oxygens (including phenoxy) is 1. The van der Waals surface area contributed by atoms with E-state index in [0.29, 0.717) is 12.3 Å². The van der Waals surface area contributed by atoms with Crippen molar-refractivity contribution in [2.45, 2.75) is 53.6 Å². The number of hydrogen-bond acceptors (Lipinski definition) is 3. The first-order valence-corrected chi connectivity index (χ1v) is 8.86. The summed E-state index contributed by atoms with van der Waals surface area (Å²) in [4.78, 5) is 11.9. The fourth-order valence-electron chi connectivity index (χ4n) is 2.84. The third-order valence-corrected chi connectivity index (χ3v) is 4.42. The van der Waals surface area contributed by atoms with Gasteiger partial charge in [-0.1, -0.05) is 45.0 Å². The highest BCUT2D eigenvalue weighted by Crippen LogP contribution is 2.27. The number of carbonyl (C=O) groups excluding carboxylic acids is 1. The van der Waals surface area contributed by atoms with Crippen LogP contribution in [0.2, 0.25) is 0 Å². The van der Waals surface area contributed by atoms with Gasteiger partial charge in [0.1, 0.15) is 12.4 Å². The van der Waals surface area contributed by atoms with Gasteiger partial charge in [-0.3, -0.25) is 10.0 Å². The predicted octanol–water partition coefficient (Wildman–Crippen LogP) is 4.83. The lowest BCUT2D eigenvalue weighted by atomic mass is 10.0. The molecule has 0 atom stereocenters. The molecule has 2 aromatic rings. The van der Waals surface area contributed by atoms with Crippen molar-refractivity contribution < 1.29 is 14.7 Å². The number of hydrogen-bond donors (Lipinski definition) is 1. The Morgan fingerprint density at radius 2 is 1.88 bits per heavy atom. The van der Waals surface area contributed by atoms with Crippen LogP contribution in [0.4, 0.5) is 5.69 Å². The second kappa shape index (κ2) is 8.67. The fraction of sp³-hybridized carbons (Fsp3) is 0.381. The molecule has 2 rings (SSSR count). The Kier molecular flexibility index (Phi) is 6.59. The first kappa shape index (κ1) is 19.0. The van der Waals surface area contributed by atoms with E-state index in [9.17, 15) is 10.0 Å². The molecule has 1 amide bonds. The molecule has 0 spiro atoms. The van der Waals surface area contributed by atoms with Gasteiger partial charge >= 0.3 is 0 Å². The molecular weight excluding hydrogens is 314 g/mol. The number of nitrogens with zero attached hydrogens (tertiary/aromatic N) is 1. The van der Waals surface area contributed by atoms with Crippen LogP contribution in [-0.2, 0) is 24.2 Å². The number of aryl methyl sites for hydroxylation is 3. The first-order valence-electron chi connectivity index (χ1n) is 8.86. The number of anilines is 1. The molecular formula is C21H27NO3. The normalized spacial score (nSPS) is 10.6. The zero-order chi connectivity index (χ0) is 18.4. The van der Waals surface area contributed by atoms with Crippen molar-refractivity contribution in [1.29, 1.82) is 0 Å². The monoisotopic (exact) mass is 341 g/mol. The van der Waals surface area contributed by atoms with E-state index in [0.717, 1.165) is 40.3 Å². The van der Waals surface area contributed by atoms with Crippen LogP contribution in [-0.4, -0.2) is 11.1 Å². The second-order valence-corrected chi connectivity index (χ2v) is 6.07. The fourth-order valence-corrected chi connectivity index (χ4v) is 2.84. The molecule has 1 N–H and O–H groups in total. The summed E-state index contributed by atoms with van der Waals surface area (Å²) in [6, 6.07) is 11.8.